The lowest BCUT2D eigenvalue weighted by molar-refractivity contribution is -0.0566. The molecule has 3 atom stereocenters. The van der Waals surface area contributed by atoms with E-state index in [1.54, 1.807) is 12.0 Å². The van der Waals surface area contributed by atoms with Gasteiger partial charge in [0.05, 0.1) is 5.60 Å². The van der Waals surface area contributed by atoms with E-state index >= 15 is 0 Å². The highest BCUT2D eigenvalue weighted by molar-refractivity contribution is 5.74. The van der Waals surface area contributed by atoms with E-state index < -0.39 is 17.2 Å². The van der Waals surface area contributed by atoms with Crippen molar-refractivity contribution in [2.45, 2.75) is 82.3 Å². The summed E-state index contributed by atoms with van der Waals surface area (Å²) in [6.45, 7) is 2.29. The minimum atomic E-state index is -1.35. The molecule has 204 valence electrons. The second-order valence-electron chi connectivity index (χ2n) is 10.7. The highest BCUT2D eigenvalue weighted by atomic mass is 19.2. The molecule has 1 saturated heterocycles. The monoisotopic (exact) mass is 509 g/mol. The average molecular weight is 510 g/mol. The molecule has 1 aliphatic carbocycles. The second kappa shape index (κ2) is 14.2. The van der Waals surface area contributed by atoms with Gasteiger partial charge in [-0.05, 0) is 69.2 Å². The van der Waals surface area contributed by atoms with E-state index in [0.29, 0.717) is 50.4 Å². The van der Waals surface area contributed by atoms with Gasteiger partial charge < -0.3 is 25.4 Å². The number of ether oxygens (including phenoxy) is 1. The molecule has 2 amide bonds. The summed E-state index contributed by atoms with van der Waals surface area (Å²) < 4.78 is 33.0. The van der Waals surface area contributed by atoms with Crippen molar-refractivity contribution >= 4 is 6.03 Å². The molecule has 0 bridgehead atoms. The van der Waals surface area contributed by atoms with Gasteiger partial charge in [0.1, 0.15) is 0 Å². The van der Waals surface area contributed by atoms with Crippen LogP contribution in [0.25, 0.3) is 0 Å². The Morgan fingerprint density at radius 2 is 1.94 bits per heavy atom. The summed E-state index contributed by atoms with van der Waals surface area (Å²) in [5, 5.41) is 18.4. The van der Waals surface area contributed by atoms with Crippen LogP contribution in [0.15, 0.2) is 18.2 Å². The van der Waals surface area contributed by atoms with Crippen molar-refractivity contribution in [1.29, 1.82) is 0 Å². The topological polar surface area (TPSA) is 73.8 Å². The van der Waals surface area contributed by atoms with E-state index in [0.717, 1.165) is 37.9 Å². The first kappa shape index (κ1) is 28.8. The molecule has 2 fully saturated rings. The van der Waals surface area contributed by atoms with Gasteiger partial charge in [-0.15, -0.1) is 0 Å². The van der Waals surface area contributed by atoms with Crippen molar-refractivity contribution in [2.75, 3.05) is 40.4 Å². The van der Waals surface area contributed by atoms with Crippen molar-refractivity contribution in [3.8, 4) is 0 Å². The van der Waals surface area contributed by atoms with Gasteiger partial charge in [-0.2, -0.15) is 0 Å². The molecule has 36 heavy (non-hydrogen) atoms. The minimum Gasteiger partial charge on any atom is -0.385 e. The number of carbonyl (C=O) groups is 1. The lowest BCUT2D eigenvalue weighted by Gasteiger charge is -2.43. The third-order valence-electron chi connectivity index (χ3n) is 8.08. The Morgan fingerprint density at radius 1 is 1.17 bits per heavy atom. The number of hydrogen-bond acceptors (Lipinski definition) is 4. The summed E-state index contributed by atoms with van der Waals surface area (Å²) >= 11 is 0. The molecule has 1 aliphatic heterocycles. The van der Waals surface area contributed by atoms with E-state index in [2.05, 4.69) is 10.6 Å². The van der Waals surface area contributed by atoms with Gasteiger partial charge in [-0.3, -0.25) is 0 Å². The number of likely N-dealkylation sites (tertiary alicyclic amines) is 1. The number of nitrogens with zero attached hydrogens (tertiary/aromatic N) is 1. The van der Waals surface area contributed by atoms with Gasteiger partial charge in [-0.25, -0.2) is 13.6 Å². The number of carbonyl (C=O) groups excluding carboxylic acids is 1. The van der Waals surface area contributed by atoms with Gasteiger partial charge >= 0.3 is 6.03 Å². The molecule has 0 radical (unpaired) electrons. The van der Waals surface area contributed by atoms with E-state index in [1.165, 1.54) is 38.2 Å². The number of urea groups is 1. The number of likely N-dealkylation sites (N-methyl/N-ethyl adjacent to an activating group) is 1. The Kier molecular flexibility index (Phi) is 11.4. The van der Waals surface area contributed by atoms with E-state index in [1.807, 2.05) is 7.05 Å². The standard InChI is InChI=1S/C28H45F2N3O3/c1-31-19-24(17-21-9-4-3-5-10-21)32-27(34)33-15-8-11-23(20-33)28(35,14-6-7-16-36-2)22-12-13-25(29)26(30)18-22/h12-13,18,21,23-24,31,35H,3-11,14-17,19-20H2,1-2H3,(H,32,34). The third kappa shape index (κ3) is 7.86. The molecule has 1 heterocycles. The predicted molar refractivity (Wildman–Crippen MR) is 138 cm³/mol. The van der Waals surface area contributed by atoms with Crippen LogP contribution in [0.4, 0.5) is 13.6 Å². The van der Waals surface area contributed by atoms with Gasteiger partial charge in [0.2, 0.25) is 0 Å². The highest BCUT2D eigenvalue weighted by Gasteiger charge is 2.41. The Morgan fingerprint density at radius 3 is 2.64 bits per heavy atom. The molecule has 0 aromatic heterocycles. The van der Waals surface area contributed by atoms with Crippen LogP contribution in [0.3, 0.4) is 0 Å². The van der Waals surface area contributed by atoms with E-state index in [-0.39, 0.29) is 18.0 Å². The van der Waals surface area contributed by atoms with Crippen LogP contribution in [-0.2, 0) is 10.3 Å². The molecule has 3 N–H and O–H groups in total. The summed E-state index contributed by atoms with van der Waals surface area (Å²) in [5.41, 5.74) is -0.982. The number of unbranched alkanes of at least 4 members (excludes halogenated alkanes) is 1. The lowest BCUT2D eigenvalue weighted by Crippen LogP contribution is -2.54. The molecule has 6 nitrogen and oxygen atoms in total. The maximum atomic E-state index is 14.1. The fraction of sp³-hybridized carbons (Fsp3) is 0.750. The van der Waals surface area contributed by atoms with Crippen molar-refractivity contribution in [3.05, 3.63) is 35.4 Å². The number of rotatable bonds is 12. The molecule has 2 aliphatic rings. The normalized spacial score (nSPS) is 21.7. The summed E-state index contributed by atoms with van der Waals surface area (Å²) in [4.78, 5) is 15.1. The first-order valence-electron chi connectivity index (χ1n) is 13.7. The van der Waals surface area contributed by atoms with Crippen molar-refractivity contribution in [1.82, 2.24) is 15.5 Å². The quantitative estimate of drug-likeness (QED) is 0.349. The number of piperidine rings is 1. The van der Waals surface area contributed by atoms with Crippen LogP contribution in [0.2, 0.25) is 0 Å². The number of aliphatic hydroxyl groups is 1. The Balaban J connectivity index is 1.70. The van der Waals surface area contributed by atoms with Gasteiger partial charge in [-0.1, -0.05) is 38.2 Å². The van der Waals surface area contributed by atoms with Crippen LogP contribution in [0, 0.1) is 23.5 Å². The first-order valence-corrected chi connectivity index (χ1v) is 13.7. The maximum absolute atomic E-state index is 14.1. The molecule has 3 rings (SSSR count). The molecule has 1 saturated carbocycles. The number of benzene rings is 1. The zero-order valence-corrected chi connectivity index (χ0v) is 22.0. The Bertz CT molecular complexity index is 821. The lowest BCUT2D eigenvalue weighted by atomic mass is 9.74. The summed E-state index contributed by atoms with van der Waals surface area (Å²) in [6, 6.07) is 3.61. The zero-order valence-electron chi connectivity index (χ0n) is 22.0. The van der Waals surface area contributed by atoms with Gasteiger partial charge in [0.15, 0.2) is 11.6 Å². The second-order valence-corrected chi connectivity index (χ2v) is 10.7. The molecule has 3 unspecified atom stereocenters. The van der Waals surface area contributed by atoms with Crippen molar-refractivity contribution < 1.29 is 23.4 Å². The SMILES string of the molecule is CNCC(CC1CCCCC1)NC(=O)N1CCCC(C(O)(CCCCOC)c2ccc(F)c(F)c2)C1. The van der Waals surface area contributed by atoms with Crippen molar-refractivity contribution in [2.24, 2.45) is 11.8 Å². The summed E-state index contributed by atoms with van der Waals surface area (Å²) in [5.74, 6) is -1.52. The fourth-order valence-electron chi connectivity index (χ4n) is 6.07. The fourth-order valence-corrected chi connectivity index (χ4v) is 6.07. The number of hydrogen-bond donors (Lipinski definition) is 3. The molecular formula is C28H45F2N3O3. The Labute approximate surface area is 215 Å². The van der Waals surface area contributed by atoms with Crippen LogP contribution < -0.4 is 10.6 Å². The number of methoxy groups -OCH3 is 1. The maximum Gasteiger partial charge on any atom is 0.317 e. The molecular weight excluding hydrogens is 464 g/mol. The first-order chi connectivity index (χ1) is 17.4. The minimum absolute atomic E-state index is 0.0603. The Hall–Kier alpha value is -1.77. The number of amides is 2. The summed E-state index contributed by atoms with van der Waals surface area (Å²) in [7, 11) is 3.54. The highest BCUT2D eigenvalue weighted by Crippen LogP contribution is 2.40. The predicted octanol–water partition coefficient (Wildman–Crippen LogP) is 4.95. The van der Waals surface area contributed by atoms with Crippen LogP contribution >= 0.6 is 0 Å². The van der Waals surface area contributed by atoms with Gasteiger partial charge in [0.25, 0.3) is 0 Å². The van der Waals surface area contributed by atoms with E-state index in [9.17, 15) is 18.7 Å². The molecule has 0 spiro atoms. The van der Waals surface area contributed by atoms with Crippen molar-refractivity contribution in [3.63, 3.8) is 0 Å². The van der Waals surface area contributed by atoms with Gasteiger partial charge in [0, 0.05) is 45.3 Å². The molecule has 1 aromatic carbocycles. The number of halogens is 2. The van der Waals surface area contributed by atoms with Crippen LogP contribution in [-0.4, -0.2) is 62.5 Å². The largest absolute Gasteiger partial charge is 0.385 e. The smallest absolute Gasteiger partial charge is 0.317 e. The van der Waals surface area contributed by atoms with E-state index in [4.69, 9.17) is 4.74 Å². The average Bonchev–Trinajstić information content (AvgIpc) is 2.89. The van der Waals surface area contributed by atoms with Crippen LogP contribution in [0.1, 0.15) is 76.2 Å². The number of nitrogens with one attached hydrogen (secondary N) is 2. The zero-order chi connectivity index (χ0) is 26.0. The third-order valence-corrected chi connectivity index (χ3v) is 8.08. The molecule has 1 aromatic rings. The van der Waals surface area contributed by atoms with Crippen LogP contribution in [0.5, 0.6) is 0 Å². The summed E-state index contributed by atoms with van der Waals surface area (Å²) in [6.07, 6.45) is 10.6. The molecule has 8 heteroatoms.